The van der Waals surface area contributed by atoms with Gasteiger partial charge in [-0.15, -0.1) is 0 Å². The highest BCUT2D eigenvalue weighted by Crippen LogP contribution is 2.40. The summed E-state index contributed by atoms with van der Waals surface area (Å²) in [7, 11) is 2.20. The van der Waals surface area contributed by atoms with Crippen molar-refractivity contribution in [2.45, 2.75) is 57.3 Å². The molecule has 5 heteroatoms. The first-order valence-electron chi connectivity index (χ1n) is 10.2. The quantitative estimate of drug-likeness (QED) is 0.851. The lowest BCUT2D eigenvalue weighted by atomic mass is 9.85. The van der Waals surface area contributed by atoms with E-state index in [0.29, 0.717) is 23.3 Å². The minimum atomic E-state index is -0.196. The Bertz CT molecular complexity index is 800. The number of benzene rings is 1. The number of hydrogen-bond acceptors (Lipinski definition) is 4. The molecule has 2 aliphatic rings. The minimum Gasteiger partial charge on any atom is -0.361 e. The molecule has 1 N–H and O–H groups in total. The van der Waals surface area contributed by atoms with Crippen LogP contribution in [0.4, 0.5) is 5.69 Å². The van der Waals surface area contributed by atoms with Crippen LogP contribution in [0.5, 0.6) is 0 Å². The molecule has 2 fully saturated rings. The Labute approximate surface area is 161 Å². The number of hydrogen-bond donors (Lipinski definition) is 1. The Morgan fingerprint density at radius 2 is 1.85 bits per heavy atom. The normalized spacial score (nSPS) is 19.5. The van der Waals surface area contributed by atoms with Crippen LogP contribution in [-0.2, 0) is 0 Å². The van der Waals surface area contributed by atoms with Crippen LogP contribution in [-0.4, -0.2) is 36.1 Å². The van der Waals surface area contributed by atoms with Gasteiger partial charge in [0, 0.05) is 11.8 Å². The van der Waals surface area contributed by atoms with Crippen molar-refractivity contribution in [3.63, 3.8) is 0 Å². The van der Waals surface area contributed by atoms with Crippen LogP contribution in [0.15, 0.2) is 28.8 Å². The number of anilines is 1. The fourth-order valence-electron chi connectivity index (χ4n) is 4.53. The second-order valence-electron chi connectivity index (χ2n) is 8.18. The summed E-state index contributed by atoms with van der Waals surface area (Å²) in [6.45, 7) is 4.12. The highest BCUT2D eigenvalue weighted by atomic mass is 16.5. The summed E-state index contributed by atoms with van der Waals surface area (Å²) >= 11 is 0. The largest absolute Gasteiger partial charge is 0.361 e. The van der Waals surface area contributed by atoms with Gasteiger partial charge in [0.05, 0.1) is 0 Å². The van der Waals surface area contributed by atoms with Crippen molar-refractivity contribution >= 4 is 11.6 Å². The standard InChI is InChI=1S/C22H29N3O2/c1-15-13-21(24-27-15)22(26)23-20-8-7-18(16-9-11-25(2)12-10-16)14-19(20)17-5-3-4-6-17/h7-8,13-14,16-17H,3-6,9-12H2,1-2H3,(H,23,26). The first-order chi connectivity index (χ1) is 13.1. The van der Waals surface area contributed by atoms with Crippen LogP contribution in [0.25, 0.3) is 0 Å². The van der Waals surface area contributed by atoms with E-state index in [1.165, 1.54) is 49.7 Å². The number of aromatic nitrogens is 1. The van der Waals surface area contributed by atoms with E-state index in [-0.39, 0.29) is 5.91 Å². The van der Waals surface area contributed by atoms with Crippen molar-refractivity contribution in [1.82, 2.24) is 10.1 Å². The van der Waals surface area contributed by atoms with Crippen LogP contribution >= 0.6 is 0 Å². The number of aryl methyl sites for hydroxylation is 1. The molecule has 0 bridgehead atoms. The van der Waals surface area contributed by atoms with Gasteiger partial charge in [-0.1, -0.05) is 30.1 Å². The van der Waals surface area contributed by atoms with Crippen LogP contribution in [0.1, 0.15) is 77.7 Å². The van der Waals surface area contributed by atoms with E-state index in [1.54, 1.807) is 13.0 Å². The highest BCUT2D eigenvalue weighted by molar-refractivity contribution is 6.03. The molecule has 1 saturated carbocycles. The second-order valence-corrected chi connectivity index (χ2v) is 8.18. The van der Waals surface area contributed by atoms with Gasteiger partial charge in [0.2, 0.25) is 0 Å². The lowest BCUT2D eigenvalue weighted by Crippen LogP contribution is -2.29. The van der Waals surface area contributed by atoms with Crippen LogP contribution in [0.2, 0.25) is 0 Å². The summed E-state index contributed by atoms with van der Waals surface area (Å²) in [5.41, 5.74) is 4.01. The molecular formula is C22H29N3O2. The van der Waals surface area contributed by atoms with Gasteiger partial charge in [-0.2, -0.15) is 0 Å². The van der Waals surface area contributed by atoms with E-state index >= 15 is 0 Å². The molecular weight excluding hydrogens is 338 g/mol. The van der Waals surface area contributed by atoms with Gasteiger partial charge in [-0.3, -0.25) is 4.79 Å². The average molecular weight is 367 g/mol. The van der Waals surface area contributed by atoms with Crippen molar-refractivity contribution in [3.05, 3.63) is 46.8 Å². The molecule has 5 nitrogen and oxygen atoms in total. The van der Waals surface area contributed by atoms with Crippen molar-refractivity contribution in [2.24, 2.45) is 0 Å². The van der Waals surface area contributed by atoms with E-state index in [0.717, 1.165) is 18.8 Å². The van der Waals surface area contributed by atoms with Gasteiger partial charge in [0.1, 0.15) is 5.76 Å². The molecule has 144 valence electrons. The Morgan fingerprint density at radius 1 is 1.11 bits per heavy atom. The third-order valence-electron chi connectivity index (χ3n) is 6.17. The maximum absolute atomic E-state index is 12.6. The van der Waals surface area contributed by atoms with E-state index in [2.05, 4.69) is 40.6 Å². The molecule has 0 unspecified atom stereocenters. The molecule has 0 atom stereocenters. The SMILES string of the molecule is Cc1cc(C(=O)Nc2ccc(C3CCN(C)CC3)cc2C2CCCC2)no1. The monoisotopic (exact) mass is 367 g/mol. The summed E-state index contributed by atoms with van der Waals surface area (Å²) < 4.78 is 5.05. The zero-order valence-electron chi connectivity index (χ0n) is 16.3. The number of amides is 1. The molecule has 2 heterocycles. The summed E-state index contributed by atoms with van der Waals surface area (Å²) in [6.07, 6.45) is 7.40. The summed E-state index contributed by atoms with van der Waals surface area (Å²) in [5.74, 6) is 1.63. The highest BCUT2D eigenvalue weighted by Gasteiger charge is 2.25. The number of likely N-dealkylation sites (tertiary alicyclic amines) is 1. The van der Waals surface area contributed by atoms with Gasteiger partial charge in [0.15, 0.2) is 5.69 Å². The molecule has 0 spiro atoms. The number of carbonyl (C=O) groups excluding carboxylic acids is 1. The van der Waals surface area contributed by atoms with Gasteiger partial charge in [-0.05, 0) is 81.8 Å². The molecule has 4 rings (SSSR count). The molecule has 1 aromatic carbocycles. The number of piperidine rings is 1. The fraction of sp³-hybridized carbons (Fsp3) is 0.545. The lowest BCUT2D eigenvalue weighted by molar-refractivity contribution is 0.101. The Hall–Kier alpha value is -2.14. The fourth-order valence-corrected chi connectivity index (χ4v) is 4.53. The maximum Gasteiger partial charge on any atom is 0.277 e. The molecule has 1 aliphatic carbocycles. The molecule has 2 aromatic rings. The molecule has 27 heavy (non-hydrogen) atoms. The predicted molar refractivity (Wildman–Crippen MR) is 106 cm³/mol. The van der Waals surface area contributed by atoms with E-state index in [4.69, 9.17) is 4.52 Å². The Morgan fingerprint density at radius 3 is 2.52 bits per heavy atom. The van der Waals surface area contributed by atoms with Crippen molar-refractivity contribution < 1.29 is 9.32 Å². The number of nitrogens with zero attached hydrogens (tertiary/aromatic N) is 2. The molecule has 1 amide bonds. The van der Waals surface area contributed by atoms with Crippen LogP contribution in [0, 0.1) is 6.92 Å². The van der Waals surface area contributed by atoms with Gasteiger partial charge in [-0.25, -0.2) is 0 Å². The van der Waals surface area contributed by atoms with Crippen LogP contribution in [0.3, 0.4) is 0 Å². The topological polar surface area (TPSA) is 58.4 Å². The van der Waals surface area contributed by atoms with E-state index in [1.807, 2.05) is 0 Å². The maximum atomic E-state index is 12.6. The zero-order valence-corrected chi connectivity index (χ0v) is 16.3. The number of carbonyl (C=O) groups is 1. The zero-order chi connectivity index (χ0) is 18.8. The van der Waals surface area contributed by atoms with Crippen molar-refractivity contribution in [2.75, 3.05) is 25.5 Å². The third-order valence-corrected chi connectivity index (χ3v) is 6.17. The molecule has 1 aromatic heterocycles. The summed E-state index contributed by atoms with van der Waals surface area (Å²) in [5, 5.41) is 6.93. The molecule has 0 radical (unpaired) electrons. The Kier molecular flexibility index (Phi) is 5.30. The van der Waals surface area contributed by atoms with E-state index < -0.39 is 0 Å². The number of nitrogens with one attached hydrogen (secondary N) is 1. The lowest BCUT2D eigenvalue weighted by Gasteiger charge is -2.30. The van der Waals surface area contributed by atoms with Crippen LogP contribution < -0.4 is 5.32 Å². The third kappa shape index (κ3) is 4.08. The van der Waals surface area contributed by atoms with Gasteiger partial charge >= 0.3 is 0 Å². The first kappa shape index (κ1) is 18.2. The van der Waals surface area contributed by atoms with Gasteiger partial charge < -0.3 is 14.7 Å². The average Bonchev–Trinajstić information content (AvgIpc) is 3.34. The van der Waals surface area contributed by atoms with Crippen molar-refractivity contribution in [1.29, 1.82) is 0 Å². The number of rotatable bonds is 4. The summed E-state index contributed by atoms with van der Waals surface area (Å²) in [4.78, 5) is 15.0. The summed E-state index contributed by atoms with van der Waals surface area (Å²) in [6, 6.07) is 8.36. The molecule has 1 aliphatic heterocycles. The second kappa shape index (κ2) is 7.85. The van der Waals surface area contributed by atoms with Gasteiger partial charge in [0.25, 0.3) is 5.91 Å². The predicted octanol–water partition coefficient (Wildman–Crippen LogP) is 4.70. The van der Waals surface area contributed by atoms with E-state index in [9.17, 15) is 4.79 Å². The Balaban J connectivity index is 1.59. The molecule has 1 saturated heterocycles. The smallest absolute Gasteiger partial charge is 0.277 e. The first-order valence-corrected chi connectivity index (χ1v) is 10.2. The minimum absolute atomic E-state index is 0.196. The van der Waals surface area contributed by atoms with Crippen molar-refractivity contribution in [3.8, 4) is 0 Å².